The summed E-state index contributed by atoms with van der Waals surface area (Å²) in [6, 6.07) is 8.51. The van der Waals surface area contributed by atoms with Crippen LogP contribution in [0.4, 0.5) is 4.79 Å². The van der Waals surface area contributed by atoms with E-state index in [0.29, 0.717) is 23.0 Å². The first-order valence-corrected chi connectivity index (χ1v) is 9.15. The molecule has 0 saturated carbocycles. The molecule has 0 spiro atoms. The van der Waals surface area contributed by atoms with Crippen molar-refractivity contribution in [1.29, 1.82) is 0 Å². The zero-order chi connectivity index (χ0) is 18.8. The minimum Gasteiger partial charge on any atom is -0.508 e. The summed E-state index contributed by atoms with van der Waals surface area (Å²) in [5.74, 6) is 0.274. The van der Waals surface area contributed by atoms with E-state index in [0.717, 1.165) is 10.4 Å². The predicted octanol–water partition coefficient (Wildman–Crippen LogP) is 3.86. The number of phenols is 1. The maximum Gasteiger partial charge on any atom is 0.404 e. The number of benzene rings is 1. The van der Waals surface area contributed by atoms with Gasteiger partial charge in [-0.2, -0.15) is 0 Å². The fourth-order valence-electron chi connectivity index (χ4n) is 3.08. The summed E-state index contributed by atoms with van der Waals surface area (Å²) in [6.45, 7) is 4.50. The number of fused-ring (bicyclic) bond motifs is 1. The van der Waals surface area contributed by atoms with Crippen molar-refractivity contribution in [3.05, 3.63) is 51.8 Å². The number of carboxylic acid groups (broad SMARTS) is 1. The minimum atomic E-state index is -1.15. The fraction of sp³-hybridized carbons (Fsp3) is 0.263. The van der Waals surface area contributed by atoms with Crippen LogP contribution in [0.5, 0.6) is 5.75 Å². The second-order valence-electron chi connectivity index (χ2n) is 6.50. The normalized spacial score (nSPS) is 11.2. The van der Waals surface area contributed by atoms with Gasteiger partial charge in [-0.05, 0) is 35.6 Å². The molecule has 26 heavy (non-hydrogen) atoms. The van der Waals surface area contributed by atoms with Gasteiger partial charge in [0, 0.05) is 33.5 Å². The second-order valence-corrected chi connectivity index (χ2v) is 7.44. The molecular weight excluding hydrogens is 352 g/mol. The summed E-state index contributed by atoms with van der Waals surface area (Å²) < 4.78 is 1.65. The Morgan fingerprint density at radius 2 is 2.04 bits per heavy atom. The second kappa shape index (κ2) is 7.21. The van der Waals surface area contributed by atoms with Crippen molar-refractivity contribution in [2.24, 2.45) is 5.92 Å². The van der Waals surface area contributed by atoms with Crippen LogP contribution in [0.3, 0.4) is 0 Å². The Balaban J connectivity index is 2.41. The van der Waals surface area contributed by atoms with E-state index in [-0.39, 0.29) is 23.8 Å². The summed E-state index contributed by atoms with van der Waals surface area (Å²) in [5, 5.41) is 24.5. The van der Waals surface area contributed by atoms with E-state index in [9.17, 15) is 14.7 Å². The average molecular weight is 372 g/mol. The maximum atomic E-state index is 13.1. The van der Waals surface area contributed by atoms with Gasteiger partial charge in [-0.3, -0.25) is 4.79 Å². The number of phenolic OH excluding ortho intramolecular Hbond substituents is 1. The Morgan fingerprint density at radius 3 is 2.65 bits per heavy atom. The first-order chi connectivity index (χ1) is 12.4. The van der Waals surface area contributed by atoms with Crippen LogP contribution in [0, 0.1) is 5.92 Å². The van der Waals surface area contributed by atoms with Gasteiger partial charge < -0.3 is 20.1 Å². The largest absolute Gasteiger partial charge is 0.508 e. The Morgan fingerprint density at radius 1 is 1.27 bits per heavy atom. The number of thiophene rings is 1. The lowest BCUT2D eigenvalue weighted by molar-refractivity contribution is 0.193. The van der Waals surface area contributed by atoms with Gasteiger partial charge in [0.2, 0.25) is 0 Å². The van der Waals surface area contributed by atoms with Crippen LogP contribution in [0.25, 0.3) is 21.2 Å². The molecule has 136 valence electrons. The van der Waals surface area contributed by atoms with Crippen LogP contribution in [-0.2, 0) is 13.1 Å². The van der Waals surface area contributed by atoms with Crippen LogP contribution in [0.2, 0.25) is 0 Å². The van der Waals surface area contributed by atoms with Gasteiger partial charge in [0.05, 0.1) is 6.54 Å². The molecule has 0 atom stereocenters. The summed E-state index contributed by atoms with van der Waals surface area (Å²) in [5.41, 5.74) is 1.20. The van der Waals surface area contributed by atoms with Crippen molar-refractivity contribution in [2.45, 2.75) is 26.9 Å². The number of hydrogen-bond donors (Lipinski definition) is 3. The first-order valence-electron chi connectivity index (χ1n) is 8.27. The zero-order valence-corrected chi connectivity index (χ0v) is 15.3. The van der Waals surface area contributed by atoms with E-state index in [2.05, 4.69) is 5.32 Å². The average Bonchev–Trinajstić information content (AvgIpc) is 3.09. The molecule has 7 heteroatoms. The summed E-state index contributed by atoms with van der Waals surface area (Å²) in [6.07, 6.45) is -1.15. The standard InChI is InChI=1S/C19H20N2O4S/c1-11(2)10-21-15(9-20-19(24)25)17(16-4-3-7-26-16)14-8-12(22)5-6-13(14)18(21)23/h3-8,11,20,22H,9-10H2,1-2H3,(H,24,25). The van der Waals surface area contributed by atoms with Crippen molar-refractivity contribution >= 4 is 28.2 Å². The lowest BCUT2D eigenvalue weighted by Gasteiger charge is -2.20. The predicted molar refractivity (Wildman–Crippen MR) is 103 cm³/mol. The van der Waals surface area contributed by atoms with Crippen LogP contribution in [0.1, 0.15) is 19.5 Å². The molecular formula is C19H20N2O4S. The highest BCUT2D eigenvalue weighted by Gasteiger charge is 2.20. The molecule has 0 aliphatic heterocycles. The molecule has 0 radical (unpaired) electrons. The number of amides is 1. The Labute approximate surface area is 154 Å². The number of pyridine rings is 1. The van der Waals surface area contributed by atoms with E-state index in [1.54, 1.807) is 16.7 Å². The zero-order valence-electron chi connectivity index (χ0n) is 14.5. The third-order valence-corrected chi connectivity index (χ3v) is 4.97. The molecule has 3 rings (SSSR count). The Kier molecular flexibility index (Phi) is 4.99. The number of nitrogens with zero attached hydrogens (tertiary/aromatic N) is 1. The van der Waals surface area contributed by atoms with Gasteiger partial charge in [-0.25, -0.2) is 4.79 Å². The summed E-state index contributed by atoms with van der Waals surface area (Å²) in [7, 11) is 0. The molecule has 2 heterocycles. The lowest BCUT2D eigenvalue weighted by atomic mass is 10.0. The number of carbonyl (C=O) groups is 1. The van der Waals surface area contributed by atoms with Gasteiger partial charge in [-0.15, -0.1) is 11.3 Å². The molecule has 0 aliphatic carbocycles. The van der Waals surface area contributed by atoms with Crippen molar-refractivity contribution in [3.63, 3.8) is 0 Å². The monoisotopic (exact) mass is 372 g/mol. The quantitative estimate of drug-likeness (QED) is 0.634. The van der Waals surface area contributed by atoms with Gasteiger partial charge >= 0.3 is 6.09 Å². The number of aromatic hydroxyl groups is 1. The summed E-state index contributed by atoms with van der Waals surface area (Å²) in [4.78, 5) is 25.1. The third kappa shape index (κ3) is 3.43. The smallest absolute Gasteiger partial charge is 0.404 e. The molecule has 0 unspecified atom stereocenters. The van der Waals surface area contributed by atoms with Crippen LogP contribution in [-0.4, -0.2) is 20.9 Å². The highest BCUT2D eigenvalue weighted by atomic mass is 32.1. The van der Waals surface area contributed by atoms with E-state index >= 15 is 0 Å². The van der Waals surface area contributed by atoms with Crippen molar-refractivity contribution in [1.82, 2.24) is 9.88 Å². The summed E-state index contributed by atoms with van der Waals surface area (Å²) >= 11 is 1.51. The van der Waals surface area contributed by atoms with Crippen molar-refractivity contribution < 1.29 is 15.0 Å². The molecule has 0 bridgehead atoms. The molecule has 3 N–H and O–H groups in total. The number of hydrogen-bond acceptors (Lipinski definition) is 4. The van der Waals surface area contributed by atoms with Crippen LogP contribution < -0.4 is 10.9 Å². The fourth-order valence-corrected chi connectivity index (χ4v) is 3.89. The topological polar surface area (TPSA) is 91.6 Å². The Bertz CT molecular complexity index is 1010. The van der Waals surface area contributed by atoms with E-state index in [1.807, 2.05) is 31.4 Å². The molecule has 1 amide bonds. The van der Waals surface area contributed by atoms with Gasteiger partial charge in [0.1, 0.15) is 5.75 Å². The van der Waals surface area contributed by atoms with E-state index < -0.39 is 6.09 Å². The molecule has 6 nitrogen and oxygen atoms in total. The van der Waals surface area contributed by atoms with Gasteiger partial charge in [0.25, 0.3) is 5.56 Å². The first kappa shape index (κ1) is 18.0. The Hall–Kier alpha value is -2.80. The molecule has 0 fully saturated rings. The highest BCUT2D eigenvalue weighted by Crippen LogP contribution is 2.35. The molecule has 2 aromatic heterocycles. The molecule has 0 saturated heterocycles. The SMILES string of the molecule is CC(C)Cn1c(CNC(=O)O)c(-c2cccs2)c2cc(O)ccc2c1=O. The maximum absolute atomic E-state index is 13.1. The van der Waals surface area contributed by atoms with Gasteiger partial charge in [0.15, 0.2) is 0 Å². The van der Waals surface area contributed by atoms with Gasteiger partial charge in [-0.1, -0.05) is 19.9 Å². The number of rotatable bonds is 5. The van der Waals surface area contributed by atoms with Crippen molar-refractivity contribution in [3.8, 4) is 16.2 Å². The molecule has 1 aromatic carbocycles. The third-order valence-electron chi connectivity index (χ3n) is 4.08. The number of nitrogens with one attached hydrogen (secondary N) is 1. The van der Waals surface area contributed by atoms with Crippen LogP contribution in [0.15, 0.2) is 40.5 Å². The minimum absolute atomic E-state index is 0.0100. The number of aromatic nitrogens is 1. The molecule has 3 aromatic rings. The van der Waals surface area contributed by atoms with Crippen molar-refractivity contribution in [2.75, 3.05) is 0 Å². The lowest BCUT2D eigenvalue weighted by Crippen LogP contribution is -2.31. The van der Waals surface area contributed by atoms with Crippen LogP contribution >= 0.6 is 11.3 Å². The molecule has 0 aliphatic rings. The van der Waals surface area contributed by atoms with E-state index in [4.69, 9.17) is 5.11 Å². The highest BCUT2D eigenvalue weighted by molar-refractivity contribution is 7.13. The van der Waals surface area contributed by atoms with E-state index in [1.165, 1.54) is 17.4 Å².